The van der Waals surface area contributed by atoms with Crippen molar-refractivity contribution in [3.8, 4) is 0 Å². The van der Waals surface area contributed by atoms with Crippen LogP contribution >= 0.6 is 0 Å². The van der Waals surface area contributed by atoms with Crippen LogP contribution in [0, 0.1) is 0 Å². The monoisotopic (exact) mass is 388 g/mol. The molecule has 1 N–H and O–H groups in total. The molecule has 2 aliphatic rings. The molecule has 3 atom stereocenters. The third-order valence-electron chi connectivity index (χ3n) is 4.37. The van der Waals surface area contributed by atoms with E-state index in [4.69, 9.17) is 14.3 Å². The van der Waals surface area contributed by atoms with Gasteiger partial charge in [-0.05, 0) is 33.6 Å². The molecule has 1 amide bonds. The maximum Gasteiger partial charge on any atom is 0.338 e. The molecular weight excluding hydrogens is 362 g/mol. The van der Waals surface area contributed by atoms with Crippen LogP contribution in [0.25, 0.3) is 0 Å². The number of carbonyl (C=O) groups excluding carboxylic acids is 2. The normalized spacial score (nSPS) is 24.3. The summed E-state index contributed by atoms with van der Waals surface area (Å²) in [5.41, 5.74) is -0.0979. The molecule has 7 nitrogen and oxygen atoms in total. The number of carbonyl (C=O) groups is 2. The van der Waals surface area contributed by atoms with Crippen LogP contribution in [0.5, 0.6) is 0 Å². The Bertz CT molecular complexity index is 635. The van der Waals surface area contributed by atoms with E-state index < -0.39 is 29.8 Å². The predicted molar refractivity (Wildman–Crippen MR) is 93.5 cm³/mol. The van der Waals surface area contributed by atoms with Crippen molar-refractivity contribution in [2.24, 2.45) is 5.16 Å². The third kappa shape index (κ3) is 5.72. The summed E-state index contributed by atoms with van der Waals surface area (Å²) < 4.78 is 36.6. The molecule has 0 aromatic rings. The van der Waals surface area contributed by atoms with Crippen LogP contribution < -0.4 is 5.32 Å². The molecule has 27 heavy (non-hydrogen) atoms. The number of alkyl halides is 2. The van der Waals surface area contributed by atoms with Gasteiger partial charge in [-0.3, -0.25) is 4.79 Å². The van der Waals surface area contributed by atoms with Crippen molar-refractivity contribution in [3.63, 3.8) is 0 Å². The summed E-state index contributed by atoms with van der Waals surface area (Å²) in [6.45, 7) is 4.95. The number of hydrogen-bond acceptors (Lipinski definition) is 6. The average molecular weight is 388 g/mol. The lowest BCUT2D eigenvalue weighted by atomic mass is 9.95. The second-order valence-corrected chi connectivity index (χ2v) is 6.93. The van der Waals surface area contributed by atoms with Crippen molar-refractivity contribution < 1.29 is 32.7 Å². The molecule has 0 aromatic carbocycles. The lowest BCUT2D eigenvalue weighted by Gasteiger charge is -2.21. The Morgan fingerprint density at radius 3 is 2.78 bits per heavy atom. The van der Waals surface area contributed by atoms with Gasteiger partial charge in [-0.2, -0.15) is 0 Å². The minimum absolute atomic E-state index is 0.0681. The summed E-state index contributed by atoms with van der Waals surface area (Å²) in [5.74, 6) is -1.01. The molecule has 0 spiro atoms. The minimum Gasteiger partial charge on any atom is -0.463 e. The summed E-state index contributed by atoms with van der Waals surface area (Å²) >= 11 is 0. The first kappa shape index (κ1) is 21.3. The third-order valence-corrected chi connectivity index (χ3v) is 4.37. The van der Waals surface area contributed by atoms with Gasteiger partial charge in [0, 0.05) is 12.8 Å². The fourth-order valence-electron chi connectivity index (χ4n) is 2.88. The largest absolute Gasteiger partial charge is 0.463 e. The molecule has 0 bridgehead atoms. The lowest BCUT2D eigenvalue weighted by molar-refractivity contribution is -0.141. The number of esters is 1. The van der Waals surface area contributed by atoms with Crippen LogP contribution in [0.3, 0.4) is 0 Å². The second kappa shape index (κ2) is 9.25. The van der Waals surface area contributed by atoms with E-state index >= 15 is 0 Å². The van der Waals surface area contributed by atoms with Crippen molar-refractivity contribution in [3.05, 3.63) is 11.3 Å². The molecule has 9 heteroatoms. The smallest absolute Gasteiger partial charge is 0.338 e. The number of rotatable bonds is 9. The van der Waals surface area contributed by atoms with Crippen LogP contribution in [0.15, 0.2) is 16.4 Å². The number of nitrogens with one attached hydrogen (secondary N) is 1. The standard InChI is InChI=1S/C18H26F2N2O5/c1-4-26-16(23)14-9-25-10-15(14)21-17(24)18(3)8-13(22-27-18)6-5-12(20)7-11(2)19/h11-12H,4-10H2,1-3H3,(H,21,24). The van der Waals surface area contributed by atoms with Gasteiger partial charge in [0.2, 0.25) is 5.60 Å². The zero-order chi connectivity index (χ0) is 20.0. The maximum absolute atomic E-state index is 13.6. The number of halogens is 2. The van der Waals surface area contributed by atoms with Gasteiger partial charge in [-0.15, -0.1) is 0 Å². The van der Waals surface area contributed by atoms with Crippen LogP contribution in [0.4, 0.5) is 8.78 Å². The second-order valence-electron chi connectivity index (χ2n) is 6.93. The van der Waals surface area contributed by atoms with Crippen molar-refractivity contribution in [1.29, 1.82) is 0 Å². The van der Waals surface area contributed by atoms with Gasteiger partial charge >= 0.3 is 5.97 Å². The van der Waals surface area contributed by atoms with Crippen molar-refractivity contribution in [2.75, 3.05) is 19.8 Å². The van der Waals surface area contributed by atoms with Gasteiger partial charge in [0.15, 0.2) is 0 Å². The minimum atomic E-state index is -1.26. The molecule has 0 aliphatic carbocycles. The van der Waals surface area contributed by atoms with E-state index in [1.165, 1.54) is 6.92 Å². The Kier molecular flexibility index (Phi) is 7.29. The molecule has 0 saturated heterocycles. The fourth-order valence-corrected chi connectivity index (χ4v) is 2.88. The number of hydrogen-bond donors (Lipinski definition) is 1. The van der Waals surface area contributed by atoms with Gasteiger partial charge in [0.1, 0.15) is 12.3 Å². The quantitative estimate of drug-likeness (QED) is 0.613. The fraction of sp³-hybridized carbons (Fsp3) is 0.722. The van der Waals surface area contributed by atoms with Gasteiger partial charge in [-0.1, -0.05) is 5.16 Å². The summed E-state index contributed by atoms with van der Waals surface area (Å²) in [6.07, 6.45) is -2.01. The molecular formula is C18H26F2N2O5. The number of oxime groups is 1. The van der Waals surface area contributed by atoms with Gasteiger partial charge in [0.05, 0.1) is 36.8 Å². The maximum atomic E-state index is 13.6. The SMILES string of the molecule is CCOC(=O)C1=C(NC(=O)C2(C)CC(CCC(F)CC(C)F)=NO2)COC1. The zero-order valence-corrected chi connectivity index (χ0v) is 15.8. The summed E-state index contributed by atoms with van der Waals surface area (Å²) in [4.78, 5) is 29.8. The lowest BCUT2D eigenvalue weighted by Crippen LogP contribution is -2.45. The molecule has 2 aliphatic heterocycles. The van der Waals surface area contributed by atoms with Gasteiger partial charge in [-0.25, -0.2) is 13.6 Å². The van der Waals surface area contributed by atoms with E-state index in [-0.39, 0.29) is 51.1 Å². The Morgan fingerprint density at radius 2 is 2.11 bits per heavy atom. The van der Waals surface area contributed by atoms with E-state index in [2.05, 4.69) is 10.5 Å². The van der Waals surface area contributed by atoms with Crippen LogP contribution in [0.1, 0.15) is 46.5 Å². The first-order chi connectivity index (χ1) is 12.7. The Labute approximate surface area is 157 Å². The Hall–Kier alpha value is -2.03. The molecule has 152 valence electrons. The van der Waals surface area contributed by atoms with Gasteiger partial charge in [0.25, 0.3) is 5.91 Å². The highest BCUT2D eigenvalue weighted by molar-refractivity contribution is 5.97. The van der Waals surface area contributed by atoms with Crippen molar-refractivity contribution in [1.82, 2.24) is 5.32 Å². The molecule has 0 aromatic heterocycles. The molecule has 2 heterocycles. The van der Waals surface area contributed by atoms with Gasteiger partial charge < -0.3 is 19.6 Å². The average Bonchev–Trinajstić information content (AvgIpc) is 3.20. The molecule has 0 saturated carbocycles. The first-order valence-corrected chi connectivity index (χ1v) is 9.05. The van der Waals surface area contributed by atoms with Crippen molar-refractivity contribution >= 4 is 17.6 Å². The zero-order valence-electron chi connectivity index (χ0n) is 15.8. The highest BCUT2D eigenvalue weighted by Crippen LogP contribution is 2.27. The molecule has 3 unspecified atom stereocenters. The predicted octanol–water partition coefficient (Wildman–Crippen LogP) is 2.35. The van der Waals surface area contributed by atoms with E-state index in [1.54, 1.807) is 13.8 Å². The molecule has 0 fully saturated rings. The Morgan fingerprint density at radius 1 is 1.37 bits per heavy atom. The first-order valence-electron chi connectivity index (χ1n) is 9.05. The molecule has 0 radical (unpaired) electrons. The summed E-state index contributed by atoms with van der Waals surface area (Å²) in [6, 6.07) is 0. The van der Waals surface area contributed by atoms with E-state index in [0.717, 1.165) is 0 Å². The van der Waals surface area contributed by atoms with Crippen LogP contribution in [-0.4, -0.2) is 55.4 Å². The highest BCUT2D eigenvalue weighted by atomic mass is 19.1. The highest BCUT2D eigenvalue weighted by Gasteiger charge is 2.42. The van der Waals surface area contributed by atoms with Crippen LogP contribution in [0.2, 0.25) is 0 Å². The number of ether oxygens (including phenoxy) is 2. The number of nitrogens with zero attached hydrogens (tertiary/aromatic N) is 1. The topological polar surface area (TPSA) is 86.2 Å². The van der Waals surface area contributed by atoms with Crippen LogP contribution in [-0.2, 0) is 23.9 Å². The summed E-state index contributed by atoms with van der Waals surface area (Å²) in [5, 5.41) is 6.53. The van der Waals surface area contributed by atoms with E-state index in [1.807, 2.05) is 0 Å². The molecule has 2 rings (SSSR count). The number of amides is 1. The Balaban J connectivity index is 1.90. The summed E-state index contributed by atoms with van der Waals surface area (Å²) in [7, 11) is 0. The van der Waals surface area contributed by atoms with Crippen molar-refractivity contribution in [2.45, 2.75) is 64.4 Å². The van der Waals surface area contributed by atoms with E-state index in [0.29, 0.717) is 11.4 Å². The van der Waals surface area contributed by atoms with E-state index in [9.17, 15) is 18.4 Å².